The van der Waals surface area contributed by atoms with E-state index in [1.54, 1.807) is 22.2 Å². The van der Waals surface area contributed by atoms with Gasteiger partial charge in [-0.2, -0.15) is 5.10 Å². The van der Waals surface area contributed by atoms with Gasteiger partial charge < -0.3 is 14.7 Å². The number of anilines is 1. The van der Waals surface area contributed by atoms with Gasteiger partial charge in [-0.25, -0.2) is 15.0 Å². The minimum atomic E-state index is -0.0841. The maximum absolute atomic E-state index is 13.3. The molecule has 0 spiro atoms. The van der Waals surface area contributed by atoms with Crippen molar-refractivity contribution >= 4 is 24.0 Å². The number of carbonyl (C=O) groups excluding carboxylic acids is 2. The van der Waals surface area contributed by atoms with Crippen molar-refractivity contribution < 1.29 is 9.59 Å². The maximum atomic E-state index is 13.3. The molecule has 0 saturated carbocycles. The van der Waals surface area contributed by atoms with Crippen LogP contribution >= 0.6 is 0 Å². The molecule has 2 aliphatic rings. The van der Waals surface area contributed by atoms with Crippen molar-refractivity contribution in [1.82, 2.24) is 24.8 Å². The third-order valence-corrected chi connectivity index (χ3v) is 6.72. The molecular formula is C26H35N7O2. The highest BCUT2D eigenvalue weighted by Gasteiger charge is 2.35. The van der Waals surface area contributed by atoms with Gasteiger partial charge in [0, 0.05) is 57.5 Å². The number of aromatic nitrogens is 2. The SMILES string of the molecule is CCN(CCN(C)C)C(=O)c1ccnc(N2CCC(C(=O)N3N=CCC3c3ccccc3)CC2)n1. The molecule has 1 atom stereocenters. The first-order valence-electron chi connectivity index (χ1n) is 12.4. The van der Waals surface area contributed by atoms with E-state index >= 15 is 0 Å². The summed E-state index contributed by atoms with van der Waals surface area (Å²) in [6.07, 6.45) is 5.64. The molecule has 35 heavy (non-hydrogen) atoms. The lowest BCUT2D eigenvalue weighted by Gasteiger charge is -2.34. The first-order valence-corrected chi connectivity index (χ1v) is 12.4. The van der Waals surface area contributed by atoms with E-state index in [0.717, 1.165) is 18.5 Å². The van der Waals surface area contributed by atoms with Gasteiger partial charge in [-0.05, 0) is 45.5 Å². The van der Waals surface area contributed by atoms with E-state index in [9.17, 15) is 9.59 Å². The van der Waals surface area contributed by atoms with Crippen LogP contribution in [0.5, 0.6) is 0 Å². The molecule has 1 aromatic carbocycles. The number of amides is 2. The average molecular weight is 478 g/mol. The molecule has 3 heterocycles. The van der Waals surface area contributed by atoms with Crippen LogP contribution in [0.2, 0.25) is 0 Å². The highest BCUT2D eigenvalue weighted by atomic mass is 16.2. The summed E-state index contributed by atoms with van der Waals surface area (Å²) in [7, 11) is 3.99. The van der Waals surface area contributed by atoms with E-state index in [1.807, 2.05) is 57.6 Å². The fraction of sp³-hybridized carbons (Fsp3) is 0.500. The van der Waals surface area contributed by atoms with Gasteiger partial charge in [0.05, 0.1) is 6.04 Å². The van der Waals surface area contributed by atoms with Gasteiger partial charge in [-0.1, -0.05) is 30.3 Å². The van der Waals surface area contributed by atoms with Crippen LogP contribution in [0, 0.1) is 5.92 Å². The Balaban J connectivity index is 1.37. The van der Waals surface area contributed by atoms with Gasteiger partial charge >= 0.3 is 0 Å². The Morgan fingerprint density at radius 2 is 1.80 bits per heavy atom. The van der Waals surface area contributed by atoms with E-state index in [-0.39, 0.29) is 23.8 Å². The van der Waals surface area contributed by atoms with Crippen molar-refractivity contribution in [3.05, 3.63) is 53.9 Å². The second kappa shape index (κ2) is 11.4. The first kappa shape index (κ1) is 24.8. The first-order chi connectivity index (χ1) is 17.0. The van der Waals surface area contributed by atoms with Crippen LogP contribution in [-0.2, 0) is 4.79 Å². The molecule has 4 rings (SSSR count). The Labute approximate surface area is 207 Å². The highest BCUT2D eigenvalue weighted by Crippen LogP contribution is 2.32. The summed E-state index contributed by atoms with van der Waals surface area (Å²) in [4.78, 5) is 41.2. The number of hydrogen-bond donors (Lipinski definition) is 0. The van der Waals surface area contributed by atoms with Gasteiger partial charge in [0.1, 0.15) is 5.69 Å². The molecule has 0 radical (unpaired) electrons. The molecule has 1 unspecified atom stereocenters. The van der Waals surface area contributed by atoms with E-state index in [0.29, 0.717) is 50.7 Å². The van der Waals surface area contributed by atoms with Gasteiger partial charge in [-0.3, -0.25) is 9.59 Å². The van der Waals surface area contributed by atoms with Crippen molar-refractivity contribution in [3.63, 3.8) is 0 Å². The van der Waals surface area contributed by atoms with Gasteiger partial charge in [-0.15, -0.1) is 0 Å². The number of piperidine rings is 1. The van der Waals surface area contributed by atoms with Crippen molar-refractivity contribution in [3.8, 4) is 0 Å². The van der Waals surface area contributed by atoms with Crippen molar-refractivity contribution in [2.24, 2.45) is 11.0 Å². The van der Waals surface area contributed by atoms with E-state index in [1.165, 1.54) is 0 Å². The lowest BCUT2D eigenvalue weighted by molar-refractivity contribution is -0.138. The standard InChI is InChI=1S/C26H35N7O2/c1-4-31(19-18-30(2)3)25(35)22-10-14-27-26(29-22)32-16-12-21(13-17-32)24(34)33-23(11-15-28-33)20-8-6-5-7-9-20/h5-10,14-15,21,23H,4,11-13,16-19H2,1-3H3. The van der Waals surface area contributed by atoms with Crippen LogP contribution in [0.3, 0.4) is 0 Å². The summed E-state index contributed by atoms with van der Waals surface area (Å²) in [5, 5.41) is 6.07. The Morgan fingerprint density at radius 1 is 1.06 bits per heavy atom. The predicted octanol–water partition coefficient (Wildman–Crippen LogP) is 2.68. The predicted molar refractivity (Wildman–Crippen MR) is 136 cm³/mol. The summed E-state index contributed by atoms with van der Waals surface area (Å²) < 4.78 is 0. The minimum Gasteiger partial charge on any atom is -0.341 e. The van der Waals surface area contributed by atoms with Gasteiger partial charge in [0.25, 0.3) is 5.91 Å². The molecule has 2 amide bonds. The zero-order chi connectivity index (χ0) is 24.8. The Morgan fingerprint density at radius 3 is 2.49 bits per heavy atom. The lowest BCUT2D eigenvalue weighted by atomic mass is 9.94. The van der Waals surface area contributed by atoms with E-state index in [2.05, 4.69) is 24.9 Å². The maximum Gasteiger partial charge on any atom is 0.272 e. The summed E-state index contributed by atoms with van der Waals surface area (Å²) in [5.41, 5.74) is 1.52. The largest absolute Gasteiger partial charge is 0.341 e. The summed E-state index contributed by atoms with van der Waals surface area (Å²) >= 11 is 0. The Kier molecular flexibility index (Phi) is 8.07. The number of hydrogen-bond acceptors (Lipinski definition) is 7. The Hall–Kier alpha value is -3.33. The fourth-order valence-electron chi connectivity index (χ4n) is 4.60. The Bertz CT molecular complexity index is 1040. The summed E-state index contributed by atoms with van der Waals surface area (Å²) in [6.45, 7) is 5.38. The number of benzene rings is 1. The van der Waals surface area contributed by atoms with Crippen LogP contribution < -0.4 is 4.90 Å². The molecule has 9 heteroatoms. The van der Waals surface area contributed by atoms with Crippen molar-refractivity contribution in [1.29, 1.82) is 0 Å². The van der Waals surface area contributed by atoms with E-state index in [4.69, 9.17) is 0 Å². The zero-order valence-corrected chi connectivity index (χ0v) is 20.9. The molecule has 1 fully saturated rings. The quantitative estimate of drug-likeness (QED) is 0.581. The third-order valence-electron chi connectivity index (χ3n) is 6.72. The topological polar surface area (TPSA) is 85.2 Å². The molecular weight excluding hydrogens is 442 g/mol. The average Bonchev–Trinajstić information content (AvgIpc) is 3.39. The second-order valence-corrected chi connectivity index (χ2v) is 9.33. The van der Waals surface area contributed by atoms with Crippen molar-refractivity contribution in [2.45, 2.75) is 32.2 Å². The molecule has 1 aromatic heterocycles. The van der Waals surface area contributed by atoms with Crippen LogP contribution in [0.1, 0.15) is 48.3 Å². The fourth-order valence-corrected chi connectivity index (χ4v) is 4.60. The van der Waals surface area contributed by atoms with Crippen LogP contribution in [0.4, 0.5) is 5.95 Å². The van der Waals surface area contributed by atoms with Gasteiger partial charge in [0.15, 0.2) is 0 Å². The monoisotopic (exact) mass is 477 g/mol. The third kappa shape index (κ3) is 5.85. The second-order valence-electron chi connectivity index (χ2n) is 9.33. The molecule has 186 valence electrons. The van der Waals surface area contributed by atoms with Crippen LogP contribution in [0.15, 0.2) is 47.7 Å². The molecule has 9 nitrogen and oxygen atoms in total. The number of nitrogens with zero attached hydrogens (tertiary/aromatic N) is 7. The lowest BCUT2D eigenvalue weighted by Crippen LogP contribution is -2.42. The minimum absolute atomic E-state index is 0.0261. The molecule has 0 aliphatic carbocycles. The molecule has 2 aromatic rings. The van der Waals surface area contributed by atoms with Crippen LogP contribution in [-0.4, -0.2) is 89.6 Å². The smallest absolute Gasteiger partial charge is 0.272 e. The number of likely N-dealkylation sites (N-methyl/N-ethyl adjacent to an activating group) is 2. The molecule has 0 N–H and O–H groups in total. The molecule has 2 aliphatic heterocycles. The summed E-state index contributed by atoms with van der Waals surface area (Å²) in [6, 6.07) is 11.7. The number of rotatable bonds is 8. The van der Waals surface area contributed by atoms with Gasteiger partial charge in [0.2, 0.25) is 11.9 Å². The number of hydrazone groups is 1. The molecule has 1 saturated heterocycles. The number of carbonyl (C=O) groups is 2. The van der Waals surface area contributed by atoms with Crippen LogP contribution in [0.25, 0.3) is 0 Å². The van der Waals surface area contributed by atoms with E-state index < -0.39 is 0 Å². The molecule has 0 bridgehead atoms. The zero-order valence-electron chi connectivity index (χ0n) is 20.9. The normalized spacial score (nSPS) is 18.3. The summed E-state index contributed by atoms with van der Waals surface area (Å²) in [5.74, 6) is 0.462. The van der Waals surface area contributed by atoms with Crippen molar-refractivity contribution in [2.75, 3.05) is 51.7 Å². The highest BCUT2D eigenvalue weighted by molar-refractivity contribution is 5.92.